The van der Waals surface area contributed by atoms with E-state index < -0.39 is 28.4 Å². The predicted octanol–water partition coefficient (Wildman–Crippen LogP) is 2.89. The zero-order chi connectivity index (χ0) is 17.1. The molecular weight excluding hydrogens is 309 g/mol. The number of halogens is 1. The van der Waals surface area contributed by atoms with Gasteiger partial charge in [0, 0.05) is 17.7 Å². The fourth-order valence-corrected chi connectivity index (χ4v) is 1.99. The van der Waals surface area contributed by atoms with E-state index >= 15 is 0 Å². The number of nitro groups is 1. The number of nitro benzene ring substituents is 1. The lowest BCUT2D eigenvalue weighted by Crippen LogP contribution is -2.03. The van der Waals surface area contributed by atoms with Crippen LogP contribution in [0, 0.1) is 15.9 Å². The molecule has 0 unspecified atom stereocenters. The molecule has 1 N–H and O–H groups in total. The van der Waals surface area contributed by atoms with Crippen molar-refractivity contribution in [3.63, 3.8) is 0 Å². The minimum Gasteiger partial charge on any atom is -0.478 e. The third-order valence-electron chi connectivity index (χ3n) is 3.07. The molecule has 0 saturated heterocycles. The Balaban J connectivity index is 2.67. The summed E-state index contributed by atoms with van der Waals surface area (Å²) in [6.45, 7) is 0. The summed E-state index contributed by atoms with van der Waals surface area (Å²) in [5.74, 6) is -2.86. The van der Waals surface area contributed by atoms with Crippen LogP contribution in [-0.2, 0) is 4.74 Å². The van der Waals surface area contributed by atoms with Crippen LogP contribution in [0.25, 0.3) is 11.1 Å². The molecule has 0 aromatic heterocycles. The molecule has 0 aliphatic heterocycles. The number of carboxylic acid groups (broad SMARTS) is 1. The monoisotopic (exact) mass is 319 g/mol. The molecule has 0 heterocycles. The summed E-state index contributed by atoms with van der Waals surface area (Å²) in [5, 5.41) is 19.9. The van der Waals surface area contributed by atoms with E-state index in [9.17, 15) is 24.1 Å². The number of benzene rings is 2. The highest BCUT2D eigenvalue weighted by Gasteiger charge is 2.18. The van der Waals surface area contributed by atoms with Crippen molar-refractivity contribution in [2.75, 3.05) is 7.11 Å². The van der Waals surface area contributed by atoms with E-state index in [1.54, 1.807) is 0 Å². The van der Waals surface area contributed by atoms with E-state index in [0.717, 1.165) is 37.4 Å². The van der Waals surface area contributed by atoms with Crippen molar-refractivity contribution >= 4 is 17.6 Å². The number of nitrogens with zero attached hydrogens (tertiary/aromatic N) is 1. The van der Waals surface area contributed by atoms with Crippen molar-refractivity contribution in [3.05, 3.63) is 63.5 Å². The molecule has 0 aliphatic carbocycles. The maximum absolute atomic E-state index is 14.0. The van der Waals surface area contributed by atoms with Crippen LogP contribution in [0.3, 0.4) is 0 Å². The first kappa shape index (κ1) is 16.1. The fourth-order valence-electron chi connectivity index (χ4n) is 1.99. The Bertz CT molecular complexity index is 785. The second kappa shape index (κ2) is 6.22. The normalized spacial score (nSPS) is 10.2. The van der Waals surface area contributed by atoms with E-state index in [2.05, 4.69) is 4.74 Å². The van der Waals surface area contributed by atoms with Crippen molar-refractivity contribution < 1.29 is 28.7 Å². The Kier molecular flexibility index (Phi) is 4.35. The molecule has 2 rings (SSSR count). The Labute approximate surface area is 129 Å². The Hall–Kier alpha value is -3.29. The van der Waals surface area contributed by atoms with Gasteiger partial charge in [0.15, 0.2) is 0 Å². The summed E-state index contributed by atoms with van der Waals surface area (Å²) in [5.41, 5.74) is -0.994. The van der Waals surface area contributed by atoms with Gasteiger partial charge in [-0.05, 0) is 29.8 Å². The zero-order valence-corrected chi connectivity index (χ0v) is 11.8. The molecule has 2 aromatic carbocycles. The molecule has 0 amide bonds. The topological polar surface area (TPSA) is 107 Å². The first-order chi connectivity index (χ1) is 10.8. The fraction of sp³-hybridized carbons (Fsp3) is 0.0667. The molecule has 0 spiro atoms. The highest BCUT2D eigenvalue weighted by molar-refractivity contribution is 5.93. The minimum atomic E-state index is -1.39. The molecule has 0 atom stereocenters. The number of aromatic carboxylic acids is 1. The predicted molar refractivity (Wildman–Crippen MR) is 76.8 cm³/mol. The molecule has 118 valence electrons. The summed E-state index contributed by atoms with van der Waals surface area (Å²) in [6.07, 6.45) is 0. The van der Waals surface area contributed by atoms with Crippen LogP contribution in [0.2, 0.25) is 0 Å². The number of esters is 1. The molecule has 8 heteroatoms. The van der Waals surface area contributed by atoms with Crippen molar-refractivity contribution in [2.45, 2.75) is 0 Å². The SMILES string of the molecule is COC(=O)c1ccc(F)c(-c2cc(C(=O)O)cc([N+](=O)[O-])c2)c1. The van der Waals surface area contributed by atoms with Gasteiger partial charge in [-0.2, -0.15) is 0 Å². The minimum absolute atomic E-state index is 0.0279. The van der Waals surface area contributed by atoms with E-state index in [4.69, 9.17) is 5.11 Å². The standard InChI is InChI=1S/C15H10FNO6/c1-23-15(20)8-2-3-13(16)12(7-8)9-4-10(14(18)19)6-11(5-9)17(21)22/h2-7H,1H3,(H,18,19). The van der Waals surface area contributed by atoms with Crippen molar-refractivity contribution in [1.29, 1.82) is 0 Å². The van der Waals surface area contributed by atoms with Crippen LogP contribution in [0.15, 0.2) is 36.4 Å². The lowest BCUT2D eigenvalue weighted by Gasteiger charge is -2.07. The molecule has 23 heavy (non-hydrogen) atoms. The Morgan fingerprint density at radius 1 is 1.17 bits per heavy atom. The quantitative estimate of drug-likeness (QED) is 0.527. The van der Waals surface area contributed by atoms with Gasteiger partial charge in [0.1, 0.15) is 5.82 Å². The molecule has 7 nitrogen and oxygen atoms in total. The van der Waals surface area contributed by atoms with Crippen LogP contribution in [0.4, 0.5) is 10.1 Å². The van der Waals surface area contributed by atoms with Gasteiger partial charge in [-0.3, -0.25) is 10.1 Å². The summed E-state index contributed by atoms with van der Waals surface area (Å²) < 4.78 is 18.5. The number of carbonyl (C=O) groups is 2. The second-order valence-electron chi connectivity index (χ2n) is 4.52. The van der Waals surface area contributed by atoms with Crippen LogP contribution >= 0.6 is 0 Å². The van der Waals surface area contributed by atoms with E-state index in [0.29, 0.717) is 0 Å². The number of rotatable bonds is 4. The Morgan fingerprint density at radius 3 is 2.43 bits per heavy atom. The summed E-state index contributed by atoms with van der Waals surface area (Å²) >= 11 is 0. The highest BCUT2D eigenvalue weighted by Crippen LogP contribution is 2.29. The highest BCUT2D eigenvalue weighted by atomic mass is 19.1. The maximum atomic E-state index is 14.0. The van der Waals surface area contributed by atoms with Crippen LogP contribution < -0.4 is 0 Å². The number of non-ortho nitro benzene ring substituents is 1. The van der Waals surface area contributed by atoms with Gasteiger partial charge in [-0.1, -0.05) is 0 Å². The van der Waals surface area contributed by atoms with E-state index in [1.807, 2.05) is 0 Å². The molecule has 0 aliphatic rings. The Morgan fingerprint density at radius 2 is 1.87 bits per heavy atom. The molecule has 2 aromatic rings. The largest absolute Gasteiger partial charge is 0.478 e. The summed E-state index contributed by atoms with van der Waals surface area (Å²) in [6, 6.07) is 6.33. The van der Waals surface area contributed by atoms with Gasteiger partial charge >= 0.3 is 11.9 Å². The maximum Gasteiger partial charge on any atom is 0.337 e. The average molecular weight is 319 g/mol. The lowest BCUT2D eigenvalue weighted by atomic mass is 9.99. The number of carboxylic acids is 1. The third kappa shape index (κ3) is 3.31. The molecule has 0 fully saturated rings. The van der Waals surface area contributed by atoms with Crippen LogP contribution in [-0.4, -0.2) is 29.1 Å². The zero-order valence-electron chi connectivity index (χ0n) is 11.8. The first-order valence-corrected chi connectivity index (χ1v) is 6.24. The molecule has 0 saturated carbocycles. The summed E-state index contributed by atoms with van der Waals surface area (Å²) in [7, 11) is 1.15. The second-order valence-corrected chi connectivity index (χ2v) is 4.52. The number of ether oxygens (including phenoxy) is 1. The van der Waals surface area contributed by atoms with Crippen molar-refractivity contribution in [3.8, 4) is 11.1 Å². The van der Waals surface area contributed by atoms with Crippen molar-refractivity contribution in [1.82, 2.24) is 0 Å². The van der Waals surface area contributed by atoms with E-state index in [1.165, 1.54) is 6.07 Å². The van der Waals surface area contributed by atoms with Crippen molar-refractivity contribution in [2.24, 2.45) is 0 Å². The summed E-state index contributed by atoms with van der Waals surface area (Å²) in [4.78, 5) is 32.7. The number of carbonyl (C=O) groups excluding carboxylic acids is 1. The average Bonchev–Trinajstić information content (AvgIpc) is 2.53. The molecule has 0 radical (unpaired) electrons. The van der Waals surface area contributed by atoms with Gasteiger partial charge in [-0.15, -0.1) is 0 Å². The van der Waals surface area contributed by atoms with Gasteiger partial charge < -0.3 is 9.84 Å². The third-order valence-corrected chi connectivity index (χ3v) is 3.07. The van der Waals surface area contributed by atoms with Gasteiger partial charge in [0.05, 0.1) is 23.2 Å². The first-order valence-electron chi connectivity index (χ1n) is 6.24. The number of hydrogen-bond donors (Lipinski definition) is 1. The molecule has 0 bridgehead atoms. The number of methoxy groups -OCH3 is 1. The molecular formula is C15H10FNO6. The van der Waals surface area contributed by atoms with Gasteiger partial charge in [0.25, 0.3) is 5.69 Å². The lowest BCUT2D eigenvalue weighted by molar-refractivity contribution is -0.384. The number of hydrogen-bond acceptors (Lipinski definition) is 5. The van der Waals surface area contributed by atoms with Crippen LogP contribution in [0.1, 0.15) is 20.7 Å². The smallest absolute Gasteiger partial charge is 0.337 e. The van der Waals surface area contributed by atoms with Gasteiger partial charge in [0.2, 0.25) is 0 Å². The van der Waals surface area contributed by atoms with E-state index in [-0.39, 0.29) is 22.3 Å². The van der Waals surface area contributed by atoms with Gasteiger partial charge in [-0.25, -0.2) is 14.0 Å². The van der Waals surface area contributed by atoms with Crippen LogP contribution in [0.5, 0.6) is 0 Å².